The fourth-order valence-corrected chi connectivity index (χ4v) is 4.02. The highest BCUT2D eigenvalue weighted by Gasteiger charge is 2.27. The number of rotatable bonds is 12. The SMILES string of the molecule is C=CCN(CC=C)Cc1ccc2c(c1)C(=O)c1cc(CN(CC=C)CC=C)ccc1-2.Cl.Cl.O. The van der Waals surface area contributed by atoms with Gasteiger partial charge in [0.25, 0.3) is 0 Å². The first kappa shape index (κ1) is 30.5. The summed E-state index contributed by atoms with van der Waals surface area (Å²) in [7, 11) is 0. The molecule has 0 fully saturated rings. The monoisotopic (exact) mass is 488 g/mol. The molecule has 0 saturated heterocycles. The quantitative estimate of drug-likeness (QED) is 0.326. The van der Waals surface area contributed by atoms with Gasteiger partial charge in [0.2, 0.25) is 0 Å². The van der Waals surface area contributed by atoms with Crippen molar-refractivity contribution in [1.82, 2.24) is 9.80 Å². The molecule has 1 aliphatic rings. The molecule has 2 N–H and O–H groups in total. The second kappa shape index (κ2) is 14.6. The van der Waals surface area contributed by atoms with Crippen molar-refractivity contribution in [1.29, 1.82) is 0 Å². The van der Waals surface area contributed by atoms with E-state index >= 15 is 0 Å². The van der Waals surface area contributed by atoms with Gasteiger partial charge in [0.15, 0.2) is 5.78 Å². The first-order chi connectivity index (χ1) is 14.6. The maximum atomic E-state index is 13.2. The van der Waals surface area contributed by atoms with Crippen LogP contribution in [0.25, 0.3) is 11.1 Å². The lowest BCUT2D eigenvalue weighted by atomic mass is 10.0. The highest BCUT2D eigenvalue weighted by molar-refractivity contribution is 6.21. The summed E-state index contributed by atoms with van der Waals surface area (Å²) in [6, 6.07) is 12.5. The van der Waals surface area contributed by atoms with Crippen molar-refractivity contribution in [3.63, 3.8) is 0 Å². The van der Waals surface area contributed by atoms with Crippen LogP contribution in [0.15, 0.2) is 87.0 Å². The van der Waals surface area contributed by atoms with Crippen LogP contribution in [-0.2, 0) is 13.1 Å². The van der Waals surface area contributed by atoms with Crippen LogP contribution in [0.4, 0.5) is 0 Å². The molecule has 6 heteroatoms. The van der Waals surface area contributed by atoms with E-state index in [1.54, 1.807) is 0 Å². The van der Waals surface area contributed by atoms with Gasteiger partial charge < -0.3 is 5.48 Å². The Hall–Kier alpha value is -2.47. The number of carbonyl (C=O) groups is 1. The second-order valence-electron chi connectivity index (χ2n) is 7.63. The second-order valence-corrected chi connectivity index (χ2v) is 7.63. The summed E-state index contributed by atoms with van der Waals surface area (Å²) in [5.41, 5.74) is 5.90. The van der Waals surface area contributed by atoms with Crippen LogP contribution in [0.3, 0.4) is 0 Å². The van der Waals surface area contributed by atoms with Gasteiger partial charge in [0.05, 0.1) is 0 Å². The van der Waals surface area contributed by atoms with Crippen molar-refractivity contribution in [2.75, 3.05) is 26.2 Å². The summed E-state index contributed by atoms with van der Waals surface area (Å²) in [6.45, 7) is 20.0. The molecule has 0 amide bonds. The Morgan fingerprint density at radius 2 is 0.939 bits per heavy atom. The normalized spacial score (nSPS) is 10.9. The molecule has 0 saturated carbocycles. The highest BCUT2D eigenvalue weighted by Crippen LogP contribution is 2.37. The zero-order valence-corrected chi connectivity index (χ0v) is 20.6. The van der Waals surface area contributed by atoms with Gasteiger partial charge >= 0.3 is 0 Å². The number of hydrogen-bond donors (Lipinski definition) is 0. The third-order valence-corrected chi connectivity index (χ3v) is 5.31. The predicted octanol–water partition coefficient (Wildman–Crippen LogP) is 5.26. The number of hydrogen-bond acceptors (Lipinski definition) is 3. The van der Waals surface area contributed by atoms with Gasteiger partial charge in [-0.2, -0.15) is 0 Å². The predicted molar refractivity (Wildman–Crippen MR) is 145 cm³/mol. The molecule has 0 aliphatic heterocycles. The van der Waals surface area contributed by atoms with E-state index in [-0.39, 0.29) is 36.1 Å². The van der Waals surface area contributed by atoms with E-state index in [0.29, 0.717) is 0 Å². The Kier molecular flexibility index (Phi) is 13.5. The van der Waals surface area contributed by atoms with Gasteiger partial charge in [0.1, 0.15) is 0 Å². The lowest BCUT2D eigenvalue weighted by Crippen LogP contribution is -2.23. The summed E-state index contributed by atoms with van der Waals surface area (Å²) in [6.07, 6.45) is 7.56. The molecule has 0 unspecified atom stereocenters. The minimum absolute atomic E-state index is 0. The maximum absolute atomic E-state index is 13.2. The van der Waals surface area contributed by atoms with Gasteiger partial charge in [-0.25, -0.2) is 0 Å². The van der Waals surface area contributed by atoms with Crippen LogP contribution in [-0.4, -0.2) is 47.2 Å². The zero-order valence-electron chi connectivity index (χ0n) is 19.0. The summed E-state index contributed by atoms with van der Waals surface area (Å²) in [5.74, 6) is 0.113. The molecule has 0 spiro atoms. The van der Waals surface area contributed by atoms with E-state index in [1.807, 2.05) is 36.4 Å². The van der Waals surface area contributed by atoms with Gasteiger partial charge in [-0.1, -0.05) is 48.6 Å². The van der Waals surface area contributed by atoms with Gasteiger partial charge in [-0.15, -0.1) is 51.1 Å². The van der Waals surface area contributed by atoms with Gasteiger partial charge in [-0.3, -0.25) is 14.6 Å². The first-order valence-electron chi connectivity index (χ1n) is 10.3. The largest absolute Gasteiger partial charge is 0.412 e. The molecule has 33 heavy (non-hydrogen) atoms. The number of halogens is 2. The number of carbonyl (C=O) groups excluding carboxylic acids is 1. The minimum Gasteiger partial charge on any atom is -0.412 e. The Morgan fingerprint density at radius 3 is 1.24 bits per heavy atom. The summed E-state index contributed by atoms with van der Waals surface area (Å²) < 4.78 is 0. The zero-order chi connectivity index (χ0) is 21.5. The molecule has 2 aromatic carbocycles. The Labute approximate surface area is 210 Å². The molecule has 0 atom stereocenters. The summed E-state index contributed by atoms with van der Waals surface area (Å²) >= 11 is 0. The highest BCUT2D eigenvalue weighted by atomic mass is 35.5. The first-order valence-corrected chi connectivity index (χ1v) is 10.3. The molecule has 1 aliphatic carbocycles. The molecule has 0 bridgehead atoms. The molecule has 2 aromatic rings. The Morgan fingerprint density at radius 1 is 0.606 bits per heavy atom. The van der Waals surface area contributed by atoms with Gasteiger partial charge in [0, 0.05) is 50.4 Å². The third kappa shape index (κ3) is 7.26. The van der Waals surface area contributed by atoms with E-state index in [4.69, 9.17) is 0 Å². The van der Waals surface area contributed by atoms with Crippen molar-refractivity contribution in [3.05, 3.63) is 109 Å². The fraction of sp³-hybridized carbons (Fsp3) is 0.222. The topological polar surface area (TPSA) is 55.1 Å². The molecule has 0 aromatic heterocycles. The van der Waals surface area contributed by atoms with Crippen molar-refractivity contribution < 1.29 is 10.3 Å². The average molecular weight is 489 g/mol. The molecule has 4 nitrogen and oxygen atoms in total. The maximum Gasteiger partial charge on any atom is 0.194 e. The lowest BCUT2D eigenvalue weighted by Gasteiger charge is -2.19. The standard InChI is InChI=1S/C27H30N2O.2ClH.H2O/c1-5-13-28(14-6-2)19-21-9-11-23-24-12-10-22(20-29(15-7-3)16-8-4)18-26(24)27(30)25(23)17-21;;;/h5-12,17-18H,1-4,13-16,19-20H2;2*1H;1H2. The summed E-state index contributed by atoms with van der Waals surface area (Å²) in [4.78, 5) is 17.6. The lowest BCUT2D eigenvalue weighted by molar-refractivity contribution is 0.104. The number of nitrogens with zero attached hydrogens (tertiary/aromatic N) is 2. The van der Waals surface area contributed by atoms with Crippen LogP contribution in [0.2, 0.25) is 0 Å². The molecule has 3 rings (SSSR count). The number of fused-ring (bicyclic) bond motifs is 3. The van der Waals surface area contributed by atoms with Crippen molar-refractivity contribution in [2.24, 2.45) is 0 Å². The number of benzene rings is 2. The van der Waals surface area contributed by atoms with Gasteiger partial charge in [-0.05, 0) is 34.4 Å². The van der Waals surface area contributed by atoms with E-state index < -0.39 is 0 Å². The minimum atomic E-state index is 0. The van der Waals surface area contributed by atoms with E-state index in [0.717, 1.165) is 72.6 Å². The van der Waals surface area contributed by atoms with Crippen LogP contribution < -0.4 is 0 Å². The van der Waals surface area contributed by atoms with Crippen LogP contribution in [0.1, 0.15) is 27.0 Å². The number of ketones is 1. The van der Waals surface area contributed by atoms with E-state index in [9.17, 15) is 4.79 Å². The smallest absolute Gasteiger partial charge is 0.194 e. The third-order valence-electron chi connectivity index (χ3n) is 5.31. The van der Waals surface area contributed by atoms with E-state index in [2.05, 4.69) is 60.4 Å². The molecular formula is C27H34Cl2N2O2. The Balaban J connectivity index is 0.00000341. The van der Waals surface area contributed by atoms with Crippen molar-refractivity contribution in [3.8, 4) is 11.1 Å². The van der Waals surface area contributed by atoms with Crippen molar-refractivity contribution in [2.45, 2.75) is 13.1 Å². The van der Waals surface area contributed by atoms with Crippen LogP contribution >= 0.6 is 24.8 Å². The van der Waals surface area contributed by atoms with Crippen molar-refractivity contribution >= 4 is 30.6 Å². The molecule has 0 radical (unpaired) electrons. The molecule has 0 heterocycles. The van der Waals surface area contributed by atoms with E-state index in [1.165, 1.54) is 0 Å². The fourth-order valence-electron chi connectivity index (χ4n) is 4.02. The average Bonchev–Trinajstić information content (AvgIpc) is 3.00. The summed E-state index contributed by atoms with van der Waals surface area (Å²) in [5, 5.41) is 0. The Bertz CT molecular complexity index is 891. The van der Waals surface area contributed by atoms with Crippen LogP contribution in [0.5, 0.6) is 0 Å². The molecular weight excluding hydrogens is 455 g/mol. The molecule has 178 valence electrons. The van der Waals surface area contributed by atoms with Crippen LogP contribution in [0, 0.1) is 0 Å².